The lowest BCUT2D eigenvalue weighted by Gasteiger charge is -2.19. The first-order chi connectivity index (χ1) is 19.6. The van der Waals surface area contributed by atoms with E-state index in [4.69, 9.17) is 14.2 Å². The average molecular weight is 530 g/mol. The number of rotatable bonds is 11. The fourth-order valence-corrected chi connectivity index (χ4v) is 4.19. The van der Waals surface area contributed by atoms with Crippen LogP contribution in [0.4, 0.5) is 5.69 Å². The van der Waals surface area contributed by atoms with Gasteiger partial charge in [0.25, 0.3) is 5.91 Å². The number of benzene rings is 5. The van der Waals surface area contributed by atoms with Gasteiger partial charge in [-0.2, -0.15) is 0 Å². The van der Waals surface area contributed by atoms with Gasteiger partial charge in [-0.15, -0.1) is 0 Å². The van der Waals surface area contributed by atoms with E-state index in [2.05, 4.69) is 5.32 Å². The molecule has 5 aromatic rings. The Morgan fingerprint density at radius 3 is 1.52 bits per heavy atom. The summed E-state index contributed by atoms with van der Waals surface area (Å²) in [5, 5.41) is 2.99. The van der Waals surface area contributed by atoms with E-state index in [0.717, 1.165) is 22.3 Å². The third-order valence-corrected chi connectivity index (χ3v) is 6.26. The van der Waals surface area contributed by atoms with Crippen molar-refractivity contribution in [2.24, 2.45) is 0 Å². The van der Waals surface area contributed by atoms with Gasteiger partial charge >= 0.3 is 0 Å². The molecule has 0 spiro atoms. The molecule has 0 atom stereocenters. The van der Waals surface area contributed by atoms with Crippen LogP contribution in [0.3, 0.4) is 0 Å². The summed E-state index contributed by atoms with van der Waals surface area (Å²) in [5.41, 5.74) is 5.18. The van der Waals surface area contributed by atoms with Crippen LogP contribution in [0.1, 0.15) is 32.6 Å². The first-order valence-electron chi connectivity index (χ1n) is 13.2. The predicted octanol–water partition coefficient (Wildman–Crippen LogP) is 7.98. The van der Waals surface area contributed by atoms with Gasteiger partial charge in [0.15, 0.2) is 11.5 Å². The van der Waals surface area contributed by atoms with Gasteiger partial charge in [-0.3, -0.25) is 4.79 Å². The summed E-state index contributed by atoms with van der Waals surface area (Å²) in [6.45, 7) is 2.92. The van der Waals surface area contributed by atoms with Crippen LogP contribution in [0.5, 0.6) is 17.2 Å². The summed E-state index contributed by atoms with van der Waals surface area (Å²) < 4.78 is 18.9. The minimum absolute atomic E-state index is 0.269. The first-order valence-corrected chi connectivity index (χ1v) is 13.2. The lowest BCUT2D eigenvalue weighted by molar-refractivity contribution is 0.102. The quantitative estimate of drug-likeness (QED) is 0.188. The Balaban J connectivity index is 1.50. The number of nitrogens with one attached hydrogen (secondary N) is 1. The van der Waals surface area contributed by atoms with Crippen LogP contribution >= 0.6 is 0 Å². The Hall–Kier alpha value is -5.03. The van der Waals surface area contributed by atoms with E-state index in [1.807, 2.05) is 122 Å². The summed E-state index contributed by atoms with van der Waals surface area (Å²) in [6, 6.07) is 40.8. The molecule has 0 aliphatic carbocycles. The molecule has 1 N–H and O–H groups in total. The second-order valence-corrected chi connectivity index (χ2v) is 9.45. The van der Waals surface area contributed by atoms with Crippen molar-refractivity contribution in [3.63, 3.8) is 0 Å². The van der Waals surface area contributed by atoms with Crippen LogP contribution in [-0.2, 0) is 19.8 Å². The van der Waals surface area contributed by atoms with E-state index in [-0.39, 0.29) is 5.91 Å². The smallest absolute Gasteiger partial charge is 0.255 e. The van der Waals surface area contributed by atoms with Crippen molar-refractivity contribution in [1.82, 2.24) is 0 Å². The molecule has 0 unspecified atom stereocenters. The maximum absolute atomic E-state index is 13.4. The van der Waals surface area contributed by atoms with Gasteiger partial charge in [-0.25, -0.2) is 0 Å². The lowest BCUT2D eigenvalue weighted by Crippen LogP contribution is -2.13. The van der Waals surface area contributed by atoms with Crippen molar-refractivity contribution in [1.29, 1.82) is 0 Å². The SMILES string of the molecule is Cc1cccc(NC(=O)c2cc(OCc3ccccc3)c(OCc3ccccc3)c(OCc3ccccc3)c2)c1. The van der Waals surface area contributed by atoms with E-state index in [0.29, 0.717) is 48.3 Å². The van der Waals surface area contributed by atoms with Crippen LogP contribution in [0.25, 0.3) is 0 Å². The number of ether oxygens (including phenoxy) is 3. The van der Waals surface area contributed by atoms with Gasteiger partial charge in [0.2, 0.25) is 5.75 Å². The van der Waals surface area contributed by atoms with Gasteiger partial charge in [-0.05, 0) is 53.4 Å². The fourth-order valence-electron chi connectivity index (χ4n) is 4.19. The number of carbonyl (C=O) groups excluding carboxylic acids is 1. The zero-order valence-electron chi connectivity index (χ0n) is 22.4. The van der Waals surface area contributed by atoms with Gasteiger partial charge in [-0.1, -0.05) is 103 Å². The van der Waals surface area contributed by atoms with Crippen LogP contribution in [0.15, 0.2) is 127 Å². The molecular formula is C35H31NO4. The zero-order chi connectivity index (χ0) is 27.6. The third-order valence-electron chi connectivity index (χ3n) is 6.26. The monoisotopic (exact) mass is 529 g/mol. The number of carbonyl (C=O) groups is 1. The predicted molar refractivity (Wildman–Crippen MR) is 158 cm³/mol. The number of hydrogen-bond donors (Lipinski definition) is 1. The van der Waals surface area contributed by atoms with Gasteiger partial charge < -0.3 is 19.5 Å². The third kappa shape index (κ3) is 7.29. The molecule has 5 heteroatoms. The normalized spacial score (nSPS) is 10.5. The molecule has 0 bridgehead atoms. The minimum Gasteiger partial charge on any atom is -0.485 e. The molecule has 0 saturated carbocycles. The number of hydrogen-bond acceptors (Lipinski definition) is 4. The Morgan fingerprint density at radius 2 is 1.05 bits per heavy atom. The molecule has 1 amide bonds. The van der Waals surface area contributed by atoms with Crippen LogP contribution in [-0.4, -0.2) is 5.91 Å². The summed E-state index contributed by atoms with van der Waals surface area (Å²) in [6.07, 6.45) is 0. The van der Waals surface area contributed by atoms with E-state index < -0.39 is 0 Å². The van der Waals surface area contributed by atoms with Gasteiger partial charge in [0.1, 0.15) is 19.8 Å². The van der Waals surface area contributed by atoms with Crippen LogP contribution in [0, 0.1) is 6.92 Å². The van der Waals surface area contributed by atoms with E-state index in [1.54, 1.807) is 12.1 Å². The standard InChI is InChI=1S/C35H31NO4/c1-26-12-11-19-31(20-26)36-35(37)30-21-32(38-23-27-13-5-2-6-14-27)34(40-25-29-17-9-4-10-18-29)33(22-30)39-24-28-15-7-3-8-16-28/h2-22H,23-25H2,1H3,(H,36,37). The Morgan fingerprint density at radius 1 is 0.575 bits per heavy atom. The maximum atomic E-state index is 13.4. The van der Waals surface area contributed by atoms with Gasteiger partial charge in [0.05, 0.1) is 0 Å². The molecule has 0 fully saturated rings. The Kier molecular flexibility index (Phi) is 8.74. The number of aryl methyl sites for hydroxylation is 1. The highest BCUT2D eigenvalue weighted by Gasteiger charge is 2.20. The molecule has 40 heavy (non-hydrogen) atoms. The summed E-state index contributed by atoms with van der Waals surface area (Å²) in [4.78, 5) is 13.4. The Bertz CT molecular complexity index is 1470. The van der Waals surface area contributed by atoms with Crippen LogP contribution in [0.2, 0.25) is 0 Å². The topological polar surface area (TPSA) is 56.8 Å². The lowest BCUT2D eigenvalue weighted by atomic mass is 10.1. The molecule has 0 aliphatic rings. The van der Waals surface area contributed by atoms with Crippen molar-refractivity contribution in [3.05, 3.63) is 155 Å². The molecule has 200 valence electrons. The molecule has 0 heterocycles. The second kappa shape index (κ2) is 13.2. The van der Waals surface area contributed by atoms with Crippen LogP contribution < -0.4 is 19.5 Å². The number of anilines is 1. The average Bonchev–Trinajstić information content (AvgIpc) is 2.99. The molecule has 5 nitrogen and oxygen atoms in total. The van der Waals surface area contributed by atoms with Crippen molar-refractivity contribution >= 4 is 11.6 Å². The maximum Gasteiger partial charge on any atom is 0.255 e. The zero-order valence-corrected chi connectivity index (χ0v) is 22.4. The first kappa shape index (κ1) is 26.6. The molecule has 0 aliphatic heterocycles. The van der Waals surface area contributed by atoms with E-state index >= 15 is 0 Å². The highest BCUT2D eigenvalue weighted by atomic mass is 16.5. The summed E-state index contributed by atoms with van der Waals surface area (Å²) in [5.74, 6) is 1.04. The molecule has 5 aromatic carbocycles. The summed E-state index contributed by atoms with van der Waals surface area (Å²) in [7, 11) is 0. The van der Waals surface area contributed by atoms with Crippen molar-refractivity contribution in [2.45, 2.75) is 26.7 Å². The molecule has 0 saturated heterocycles. The van der Waals surface area contributed by atoms with E-state index in [9.17, 15) is 4.79 Å². The van der Waals surface area contributed by atoms with Gasteiger partial charge in [0, 0.05) is 11.3 Å². The van der Waals surface area contributed by atoms with Crippen molar-refractivity contribution < 1.29 is 19.0 Å². The molecular weight excluding hydrogens is 498 g/mol. The van der Waals surface area contributed by atoms with Crippen molar-refractivity contribution in [3.8, 4) is 17.2 Å². The molecule has 5 rings (SSSR count). The largest absolute Gasteiger partial charge is 0.485 e. The number of amides is 1. The molecule has 0 aromatic heterocycles. The van der Waals surface area contributed by atoms with E-state index in [1.165, 1.54) is 0 Å². The minimum atomic E-state index is -0.269. The van der Waals surface area contributed by atoms with Crippen molar-refractivity contribution in [2.75, 3.05) is 5.32 Å². The second-order valence-electron chi connectivity index (χ2n) is 9.45. The highest BCUT2D eigenvalue weighted by Crippen LogP contribution is 2.40. The molecule has 0 radical (unpaired) electrons. The summed E-state index contributed by atoms with van der Waals surface area (Å²) >= 11 is 0. The highest BCUT2D eigenvalue weighted by molar-refractivity contribution is 6.05. The Labute approximate surface area is 235 Å². The fraction of sp³-hybridized carbons (Fsp3) is 0.114.